The lowest BCUT2D eigenvalue weighted by Gasteiger charge is -2.08. The average molecular weight is 396 g/mol. The molecule has 0 amide bonds. The van der Waals surface area contributed by atoms with Gasteiger partial charge in [-0.05, 0) is 48.9 Å². The highest BCUT2D eigenvalue weighted by Gasteiger charge is 2.47. The van der Waals surface area contributed by atoms with Crippen molar-refractivity contribution in [3.8, 4) is 5.75 Å². The molecule has 0 bridgehead atoms. The van der Waals surface area contributed by atoms with E-state index in [0.717, 1.165) is 12.1 Å². The number of halogens is 3. The van der Waals surface area contributed by atoms with E-state index in [1.807, 2.05) is 6.92 Å². The summed E-state index contributed by atoms with van der Waals surface area (Å²) < 4.78 is 63.3. The van der Waals surface area contributed by atoms with Crippen LogP contribution in [0.3, 0.4) is 0 Å². The molecular formula is C18H15F3N2O3S. The zero-order valence-electron chi connectivity index (χ0n) is 14.1. The number of nitrogens with zero attached hydrogens (tertiary/aromatic N) is 2. The standard InChI is InChI=1S/C18H15F3N2O3S/c1-2-23-16-8-7-14(27(25,26)18(19,20)21)11-15(16)22-17(23)9-6-12-4-3-5-13(24)10-12/h3-11,24H,2H2,1H3. The maximum Gasteiger partial charge on any atom is 0.501 e. The number of benzene rings is 2. The van der Waals surface area contributed by atoms with Gasteiger partial charge >= 0.3 is 5.51 Å². The Bertz CT molecular complexity index is 1130. The molecule has 0 aliphatic heterocycles. The molecule has 0 aliphatic carbocycles. The third-order valence-corrected chi connectivity index (χ3v) is 5.46. The summed E-state index contributed by atoms with van der Waals surface area (Å²) in [4.78, 5) is 3.42. The summed E-state index contributed by atoms with van der Waals surface area (Å²) in [5.41, 5.74) is -3.98. The summed E-state index contributed by atoms with van der Waals surface area (Å²) in [5, 5.41) is 9.49. The van der Waals surface area contributed by atoms with Gasteiger partial charge in [-0.15, -0.1) is 0 Å². The third kappa shape index (κ3) is 3.55. The number of aromatic nitrogens is 2. The Kier molecular flexibility index (Phi) is 4.73. The number of alkyl halides is 3. The fourth-order valence-corrected chi connectivity index (χ4v) is 3.47. The summed E-state index contributed by atoms with van der Waals surface area (Å²) in [6, 6.07) is 9.69. The van der Waals surface area contributed by atoms with Gasteiger partial charge in [0, 0.05) is 6.54 Å². The Balaban J connectivity index is 2.08. The number of phenolic OH excluding ortho intramolecular Hbond substituents is 1. The molecule has 2 aromatic carbocycles. The highest BCUT2D eigenvalue weighted by atomic mass is 32.2. The molecule has 27 heavy (non-hydrogen) atoms. The molecule has 0 atom stereocenters. The number of aromatic hydroxyl groups is 1. The first kappa shape index (κ1) is 19.0. The highest BCUT2D eigenvalue weighted by Crippen LogP contribution is 2.32. The van der Waals surface area contributed by atoms with Crippen LogP contribution in [0.1, 0.15) is 18.3 Å². The van der Waals surface area contributed by atoms with Crippen LogP contribution in [0.25, 0.3) is 23.2 Å². The van der Waals surface area contributed by atoms with Crippen LogP contribution < -0.4 is 0 Å². The number of imidazole rings is 1. The molecule has 3 aromatic rings. The minimum absolute atomic E-state index is 0.100. The van der Waals surface area contributed by atoms with Gasteiger partial charge in [-0.25, -0.2) is 13.4 Å². The van der Waals surface area contributed by atoms with E-state index >= 15 is 0 Å². The number of aryl methyl sites for hydroxylation is 1. The van der Waals surface area contributed by atoms with E-state index in [0.29, 0.717) is 23.4 Å². The number of rotatable bonds is 4. The molecule has 1 aromatic heterocycles. The van der Waals surface area contributed by atoms with Crippen molar-refractivity contribution >= 4 is 33.0 Å². The first-order valence-corrected chi connectivity index (χ1v) is 9.40. The number of phenols is 1. The maximum absolute atomic E-state index is 12.8. The predicted octanol–water partition coefficient (Wildman–Crippen LogP) is 4.23. The highest BCUT2D eigenvalue weighted by molar-refractivity contribution is 7.92. The van der Waals surface area contributed by atoms with Gasteiger partial charge in [-0.2, -0.15) is 13.2 Å². The number of sulfone groups is 1. The molecule has 0 saturated heterocycles. The maximum atomic E-state index is 12.8. The first-order valence-electron chi connectivity index (χ1n) is 7.92. The van der Waals surface area contributed by atoms with Gasteiger partial charge in [0.25, 0.3) is 9.84 Å². The molecule has 142 valence electrons. The number of hydrogen-bond donors (Lipinski definition) is 1. The summed E-state index contributed by atoms with van der Waals surface area (Å²) in [6.07, 6.45) is 3.34. The normalized spacial score (nSPS) is 12.9. The quantitative estimate of drug-likeness (QED) is 0.717. The topological polar surface area (TPSA) is 72.2 Å². The van der Waals surface area contributed by atoms with Crippen LogP contribution in [0.5, 0.6) is 5.75 Å². The van der Waals surface area contributed by atoms with Crippen molar-refractivity contribution in [2.75, 3.05) is 0 Å². The van der Waals surface area contributed by atoms with E-state index < -0.39 is 20.2 Å². The van der Waals surface area contributed by atoms with Crippen LogP contribution in [0.15, 0.2) is 47.4 Å². The minimum Gasteiger partial charge on any atom is -0.508 e. The molecule has 0 spiro atoms. The smallest absolute Gasteiger partial charge is 0.501 e. The van der Waals surface area contributed by atoms with Gasteiger partial charge in [0.1, 0.15) is 11.6 Å². The van der Waals surface area contributed by atoms with E-state index in [4.69, 9.17) is 0 Å². The average Bonchev–Trinajstić information content (AvgIpc) is 2.95. The lowest BCUT2D eigenvalue weighted by molar-refractivity contribution is -0.0435. The lowest BCUT2D eigenvalue weighted by Crippen LogP contribution is -2.23. The summed E-state index contributed by atoms with van der Waals surface area (Å²) in [7, 11) is -5.43. The molecular weight excluding hydrogens is 381 g/mol. The third-order valence-electron chi connectivity index (χ3n) is 3.98. The summed E-state index contributed by atoms with van der Waals surface area (Å²) in [6.45, 7) is 2.33. The molecule has 0 fully saturated rings. The van der Waals surface area contributed by atoms with Crippen molar-refractivity contribution in [1.29, 1.82) is 0 Å². The van der Waals surface area contributed by atoms with E-state index in [2.05, 4.69) is 4.98 Å². The van der Waals surface area contributed by atoms with Crippen molar-refractivity contribution in [3.05, 3.63) is 53.9 Å². The van der Waals surface area contributed by atoms with Crippen LogP contribution in [-0.2, 0) is 16.4 Å². The molecule has 3 rings (SSSR count). The van der Waals surface area contributed by atoms with Gasteiger partial charge in [0.15, 0.2) is 0 Å². The zero-order valence-corrected chi connectivity index (χ0v) is 14.9. The van der Waals surface area contributed by atoms with Gasteiger partial charge < -0.3 is 9.67 Å². The number of hydrogen-bond acceptors (Lipinski definition) is 4. The first-order chi connectivity index (χ1) is 12.6. The Morgan fingerprint density at radius 3 is 2.52 bits per heavy atom. The summed E-state index contributed by atoms with van der Waals surface area (Å²) >= 11 is 0. The van der Waals surface area contributed by atoms with Gasteiger partial charge in [-0.1, -0.05) is 18.2 Å². The van der Waals surface area contributed by atoms with E-state index in [1.54, 1.807) is 34.9 Å². The largest absolute Gasteiger partial charge is 0.508 e. The molecule has 0 radical (unpaired) electrons. The SMILES string of the molecule is CCn1c(C=Cc2cccc(O)c2)nc2cc(S(=O)(=O)C(F)(F)F)ccc21. The Morgan fingerprint density at radius 2 is 1.89 bits per heavy atom. The second kappa shape index (κ2) is 6.73. The molecule has 0 saturated carbocycles. The van der Waals surface area contributed by atoms with Gasteiger partial charge in [0.2, 0.25) is 0 Å². The van der Waals surface area contributed by atoms with Crippen molar-refractivity contribution in [1.82, 2.24) is 9.55 Å². The van der Waals surface area contributed by atoms with Gasteiger partial charge in [-0.3, -0.25) is 0 Å². The van der Waals surface area contributed by atoms with Gasteiger partial charge in [0.05, 0.1) is 15.9 Å². The van der Waals surface area contributed by atoms with Crippen molar-refractivity contribution in [2.45, 2.75) is 23.9 Å². The zero-order chi connectivity index (χ0) is 19.8. The second-order valence-electron chi connectivity index (χ2n) is 5.74. The molecule has 5 nitrogen and oxygen atoms in total. The summed E-state index contributed by atoms with van der Waals surface area (Å²) in [5.74, 6) is 0.556. The molecule has 9 heteroatoms. The van der Waals surface area contributed by atoms with E-state index in [9.17, 15) is 26.7 Å². The van der Waals surface area contributed by atoms with Crippen LogP contribution in [-0.4, -0.2) is 28.6 Å². The Morgan fingerprint density at radius 1 is 1.15 bits per heavy atom. The Labute approximate surface area is 153 Å². The van der Waals surface area contributed by atoms with Crippen LogP contribution in [0.4, 0.5) is 13.2 Å². The molecule has 0 aliphatic rings. The lowest BCUT2D eigenvalue weighted by atomic mass is 10.2. The van der Waals surface area contributed by atoms with Crippen molar-refractivity contribution in [3.63, 3.8) is 0 Å². The van der Waals surface area contributed by atoms with Crippen LogP contribution in [0, 0.1) is 0 Å². The number of fused-ring (bicyclic) bond motifs is 1. The fourth-order valence-electron chi connectivity index (χ4n) is 2.69. The fraction of sp³-hybridized carbons (Fsp3) is 0.167. The molecule has 1 heterocycles. The van der Waals surface area contributed by atoms with Crippen LogP contribution >= 0.6 is 0 Å². The van der Waals surface area contributed by atoms with E-state index in [1.165, 1.54) is 12.1 Å². The van der Waals surface area contributed by atoms with Crippen LogP contribution in [0.2, 0.25) is 0 Å². The van der Waals surface area contributed by atoms with E-state index in [-0.39, 0.29) is 11.3 Å². The predicted molar refractivity (Wildman–Crippen MR) is 95.7 cm³/mol. The van der Waals surface area contributed by atoms with Crippen molar-refractivity contribution in [2.24, 2.45) is 0 Å². The second-order valence-corrected chi connectivity index (χ2v) is 7.68. The van der Waals surface area contributed by atoms with Crippen molar-refractivity contribution < 1.29 is 26.7 Å². The monoisotopic (exact) mass is 396 g/mol. The Hall–Kier alpha value is -2.81. The minimum atomic E-state index is -5.43. The molecule has 1 N–H and O–H groups in total. The molecule has 0 unspecified atom stereocenters.